The molecular weight excluding hydrogens is 258 g/mol. The van der Waals surface area contributed by atoms with Crippen LogP contribution in [-0.4, -0.2) is 23.9 Å². The summed E-state index contributed by atoms with van der Waals surface area (Å²) in [6, 6.07) is 1.71. The molecule has 1 saturated heterocycles. The zero-order valence-electron chi connectivity index (χ0n) is 8.92. The molecule has 1 aromatic rings. The van der Waals surface area contributed by atoms with Gasteiger partial charge in [-0.3, -0.25) is 4.79 Å². The Hall–Kier alpha value is -0.770. The monoisotopic (exact) mass is 271 g/mol. The van der Waals surface area contributed by atoms with Crippen LogP contribution < -0.4 is 0 Å². The molecule has 1 amide bonds. The van der Waals surface area contributed by atoms with Crippen molar-refractivity contribution < 1.29 is 9.21 Å². The summed E-state index contributed by atoms with van der Waals surface area (Å²) in [7, 11) is 0. The maximum absolute atomic E-state index is 12.1. The predicted molar refractivity (Wildman–Crippen MR) is 60.7 cm³/mol. The number of furan rings is 1. The lowest BCUT2D eigenvalue weighted by Crippen LogP contribution is -2.30. The van der Waals surface area contributed by atoms with Crippen molar-refractivity contribution >= 4 is 21.8 Å². The van der Waals surface area contributed by atoms with E-state index >= 15 is 0 Å². The van der Waals surface area contributed by atoms with E-state index in [9.17, 15) is 4.79 Å². The minimum Gasteiger partial charge on any atom is -0.457 e. The van der Waals surface area contributed by atoms with Gasteiger partial charge in [0.05, 0.1) is 11.8 Å². The highest BCUT2D eigenvalue weighted by Crippen LogP contribution is 2.30. The predicted octanol–water partition coefficient (Wildman–Crippen LogP) is 2.91. The molecule has 1 fully saturated rings. The summed E-state index contributed by atoms with van der Waals surface area (Å²) in [4.78, 5) is 13.9. The molecule has 15 heavy (non-hydrogen) atoms. The van der Waals surface area contributed by atoms with Gasteiger partial charge in [0, 0.05) is 13.1 Å². The van der Waals surface area contributed by atoms with Gasteiger partial charge in [-0.1, -0.05) is 13.8 Å². The van der Waals surface area contributed by atoms with Crippen molar-refractivity contribution in [1.82, 2.24) is 4.90 Å². The van der Waals surface area contributed by atoms with Gasteiger partial charge in [-0.05, 0) is 33.8 Å². The van der Waals surface area contributed by atoms with Crippen LogP contribution in [0.3, 0.4) is 0 Å². The number of amides is 1. The van der Waals surface area contributed by atoms with E-state index in [-0.39, 0.29) is 11.3 Å². The molecule has 0 radical (unpaired) electrons. The van der Waals surface area contributed by atoms with Gasteiger partial charge in [0.1, 0.15) is 0 Å². The summed E-state index contributed by atoms with van der Waals surface area (Å²) in [6.07, 6.45) is 2.59. The summed E-state index contributed by atoms with van der Waals surface area (Å²) in [5.74, 6) is 0.0567. The zero-order valence-corrected chi connectivity index (χ0v) is 10.5. The molecule has 1 aliphatic rings. The van der Waals surface area contributed by atoms with Crippen LogP contribution in [0.2, 0.25) is 0 Å². The molecule has 4 heteroatoms. The smallest absolute Gasteiger partial charge is 0.258 e. The van der Waals surface area contributed by atoms with Gasteiger partial charge in [-0.15, -0.1) is 0 Å². The van der Waals surface area contributed by atoms with Crippen molar-refractivity contribution in [2.45, 2.75) is 20.3 Å². The molecule has 0 unspecified atom stereocenters. The zero-order chi connectivity index (χ0) is 11.1. The Morgan fingerprint density at radius 3 is 2.80 bits per heavy atom. The van der Waals surface area contributed by atoms with Crippen molar-refractivity contribution in [1.29, 1.82) is 0 Å². The molecule has 2 rings (SSSR count). The Balaban J connectivity index is 2.14. The molecule has 82 valence electrons. The molecule has 0 N–H and O–H groups in total. The summed E-state index contributed by atoms with van der Waals surface area (Å²) < 4.78 is 5.59. The van der Waals surface area contributed by atoms with E-state index in [0.29, 0.717) is 10.2 Å². The van der Waals surface area contributed by atoms with Crippen LogP contribution >= 0.6 is 15.9 Å². The molecule has 1 aliphatic heterocycles. The second-order valence-corrected chi connectivity index (χ2v) is 5.47. The van der Waals surface area contributed by atoms with E-state index in [0.717, 1.165) is 19.5 Å². The maximum Gasteiger partial charge on any atom is 0.258 e. The molecule has 3 nitrogen and oxygen atoms in total. The Bertz CT molecular complexity index is 384. The van der Waals surface area contributed by atoms with E-state index in [1.807, 2.05) is 4.90 Å². The average molecular weight is 272 g/mol. The Morgan fingerprint density at radius 1 is 1.60 bits per heavy atom. The van der Waals surface area contributed by atoms with Crippen LogP contribution in [0, 0.1) is 5.41 Å². The normalized spacial score (nSPS) is 19.5. The fourth-order valence-electron chi connectivity index (χ4n) is 1.90. The van der Waals surface area contributed by atoms with Crippen LogP contribution in [0.1, 0.15) is 30.6 Å². The third kappa shape index (κ3) is 2.09. The molecule has 0 saturated carbocycles. The van der Waals surface area contributed by atoms with E-state index in [1.54, 1.807) is 6.07 Å². The van der Waals surface area contributed by atoms with Crippen LogP contribution in [0.15, 0.2) is 21.4 Å². The molecule has 0 atom stereocenters. The van der Waals surface area contributed by atoms with E-state index in [2.05, 4.69) is 29.8 Å². The molecule has 0 aromatic carbocycles. The highest BCUT2D eigenvalue weighted by molar-refractivity contribution is 9.10. The first-order valence-corrected chi connectivity index (χ1v) is 5.81. The van der Waals surface area contributed by atoms with Crippen LogP contribution in [0.4, 0.5) is 0 Å². The lowest BCUT2D eigenvalue weighted by molar-refractivity contribution is 0.0776. The van der Waals surface area contributed by atoms with E-state index in [1.165, 1.54) is 6.26 Å². The molecule has 0 bridgehead atoms. The number of hydrogen-bond acceptors (Lipinski definition) is 2. The summed E-state index contributed by atoms with van der Waals surface area (Å²) >= 11 is 3.23. The largest absolute Gasteiger partial charge is 0.457 e. The summed E-state index contributed by atoms with van der Waals surface area (Å²) in [5, 5.41) is 0. The highest BCUT2D eigenvalue weighted by atomic mass is 79.9. The molecule has 2 heterocycles. The lowest BCUT2D eigenvalue weighted by atomic mass is 9.93. The SMILES string of the molecule is CC1(C)CCN(C(=O)c2ccoc2Br)C1. The first kappa shape index (κ1) is 10.7. The van der Waals surface area contributed by atoms with Gasteiger partial charge in [-0.2, -0.15) is 0 Å². The van der Waals surface area contributed by atoms with Crippen molar-refractivity contribution in [2.24, 2.45) is 5.41 Å². The maximum atomic E-state index is 12.1. The van der Waals surface area contributed by atoms with Crippen LogP contribution in [0.5, 0.6) is 0 Å². The van der Waals surface area contributed by atoms with E-state index in [4.69, 9.17) is 4.42 Å². The van der Waals surface area contributed by atoms with E-state index < -0.39 is 0 Å². The van der Waals surface area contributed by atoms with Gasteiger partial charge in [0.15, 0.2) is 4.67 Å². The molecule has 0 aliphatic carbocycles. The Labute approximate surface area is 97.6 Å². The number of likely N-dealkylation sites (tertiary alicyclic amines) is 1. The van der Waals surface area contributed by atoms with Gasteiger partial charge in [-0.25, -0.2) is 0 Å². The molecule has 0 spiro atoms. The third-order valence-electron chi connectivity index (χ3n) is 2.81. The number of carbonyl (C=O) groups excluding carboxylic acids is 1. The van der Waals surface area contributed by atoms with Crippen LogP contribution in [-0.2, 0) is 0 Å². The van der Waals surface area contributed by atoms with Crippen molar-refractivity contribution in [3.05, 3.63) is 22.6 Å². The minimum absolute atomic E-state index is 0.0567. The lowest BCUT2D eigenvalue weighted by Gasteiger charge is -2.19. The van der Waals surface area contributed by atoms with Crippen molar-refractivity contribution in [3.63, 3.8) is 0 Å². The first-order valence-electron chi connectivity index (χ1n) is 5.02. The number of halogens is 1. The highest BCUT2D eigenvalue weighted by Gasteiger charge is 2.33. The summed E-state index contributed by atoms with van der Waals surface area (Å²) in [5.41, 5.74) is 0.860. The van der Waals surface area contributed by atoms with Crippen molar-refractivity contribution in [3.8, 4) is 0 Å². The quantitative estimate of drug-likeness (QED) is 0.787. The Kier molecular flexibility index (Phi) is 2.63. The molecule has 1 aromatic heterocycles. The Morgan fingerprint density at radius 2 is 2.33 bits per heavy atom. The van der Waals surface area contributed by atoms with Gasteiger partial charge in [0.25, 0.3) is 5.91 Å². The average Bonchev–Trinajstić information content (AvgIpc) is 2.71. The topological polar surface area (TPSA) is 33.5 Å². The van der Waals surface area contributed by atoms with Gasteiger partial charge in [0.2, 0.25) is 0 Å². The van der Waals surface area contributed by atoms with Gasteiger partial charge >= 0.3 is 0 Å². The number of hydrogen-bond donors (Lipinski definition) is 0. The van der Waals surface area contributed by atoms with Crippen LogP contribution in [0.25, 0.3) is 0 Å². The van der Waals surface area contributed by atoms with Gasteiger partial charge < -0.3 is 9.32 Å². The summed E-state index contributed by atoms with van der Waals surface area (Å²) in [6.45, 7) is 6.03. The fraction of sp³-hybridized carbons (Fsp3) is 0.545. The second-order valence-electron chi connectivity index (χ2n) is 4.75. The molecular formula is C11H14BrNO2. The number of rotatable bonds is 1. The van der Waals surface area contributed by atoms with Crippen molar-refractivity contribution in [2.75, 3.05) is 13.1 Å². The number of nitrogens with zero attached hydrogens (tertiary/aromatic N) is 1. The second kappa shape index (κ2) is 3.67. The third-order valence-corrected chi connectivity index (χ3v) is 3.43. The fourth-order valence-corrected chi connectivity index (χ4v) is 2.31. The minimum atomic E-state index is 0.0567. The number of carbonyl (C=O) groups is 1. The standard InChI is InChI=1S/C11H14BrNO2/c1-11(2)4-5-13(7-11)10(14)8-3-6-15-9(8)12/h3,6H,4-5,7H2,1-2H3. The first-order chi connectivity index (χ1) is 6.99.